The minimum Gasteiger partial charge on any atom is -0.497 e. The quantitative estimate of drug-likeness (QED) is 0.836. The Morgan fingerprint density at radius 1 is 1.20 bits per heavy atom. The Kier molecular flexibility index (Phi) is 2.91. The third kappa shape index (κ3) is 2.30. The van der Waals surface area contributed by atoms with E-state index in [1.54, 1.807) is 13.3 Å². The summed E-state index contributed by atoms with van der Waals surface area (Å²) in [5.74, 6) is 0.819. The van der Waals surface area contributed by atoms with E-state index in [1.165, 1.54) is 0 Å². The van der Waals surface area contributed by atoms with Gasteiger partial charge < -0.3 is 4.74 Å². The molecular formula is C10H8BrN3O. The number of hydrogen-bond donors (Lipinski definition) is 0. The van der Waals surface area contributed by atoms with Crippen LogP contribution in [0.15, 0.2) is 35.2 Å². The van der Waals surface area contributed by atoms with Gasteiger partial charge in [-0.15, -0.1) is 5.10 Å². The molecule has 2 aromatic rings. The van der Waals surface area contributed by atoms with Gasteiger partial charge >= 0.3 is 0 Å². The van der Waals surface area contributed by atoms with Crippen LogP contribution < -0.4 is 4.74 Å². The van der Waals surface area contributed by atoms with Crippen LogP contribution in [0.2, 0.25) is 0 Å². The minimum atomic E-state index is 0.482. The van der Waals surface area contributed by atoms with Gasteiger partial charge in [-0.2, -0.15) is 5.10 Å². The summed E-state index contributed by atoms with van der Waals surface area (Å²) >= 11 is 3.18. The number of halogens is 1. The van der Waals surface area contributed by atoms with Crippen LogP contribution in [0.5, 0.6) is 5.75 Å². The van der Waals surface area contributed by atoms with Gasteiger partial charge in [0.05, 0.1) is 19.0 Å². The van der Waals surface area contributed by atoms with Gasteiger partial charge in [-0.3, -0.25) is 0 Å². The van der Waals surface area contributed by atoms with Crippen LogP contribution in [0.1, 0.15) is 0 Å². The SMILES string of the molecule is COc1ccc(-c2cnnc(Br)n2)cc1. The highest BCUT2D eigenvalue weighted by Crippen LogP contribution is 2.20. The molecule has 0 aliphatic heterocycles. The molecule has 0 atom stereocenters. The lowest BCUT2D eigenvalue weighted by Gasteiger charge is -2.02. The van der Waals surface area contributed by atoms with Gasteiger partial charge in [0.25, 0.3) is 0 Å². The average Bonchev–Trinajstić information content (AvgIpc) is 2.29. The van der Waals surface area contributed by atoms with Crippen molar-refractivity contribution in [2.75, 3.05) is 7.11 Å². The fourth-order valence-corrected chi connectivity index (χ4v) is 1.47. The van der Waals surface area contributed by atoms with E-state index in [4.69, 9.17) is 4.74 Å². The number of methoxy groups -OCH3 is 1. The molecule has 1 aromatic carbocycles. The number of ether oxygens (including phenoxy) is 1. The Hall–Kier alpha value is -1.49. The Labute approximate surface area is 95.5 Å². The van der Waals surface area contributed by atoms with Crippen molar-refractivity contribution in [3.8, 4) is 17.0 Å². The molecule has 2 rings (SSSR count). The van der Waals surface area contributed by atoms with Crippen LogP contribution in [-0.2, 0) is 0 Å². The number of hydrogen-bond acceptors (Lipinski definition) is 4. The molecule has 1 heterocycles. The van der Waals surface area contributed by atoms with Crippen LogP contribution in [0.3, 0.4) is 0 Å². The lowest BCUT2D eigenvalue weighted by molar-refractivity contribution is 0.415. The molecule has 0 amide bonds. The first-order chi connectivity index (χ1) is 7.29. The maximum atomic E-state index is 5.07. The maximum Gasteiger partial charge on any atom is 0.218 e. The summed E-state index contributed by atoms with van der Waals surface area (Å²) in [6.07, 6.45) is 1.62. The van der Waals surface area contributed by atoms with Crippen LogP contribution >= 0.6 is 15.9 Å². The summed E-state index contributed by atoms with van der Waals surface area (Å²) in [7, 11) is 1.64. The lowest BCUT2D eigenvalue weighted by Crippen LogP contribution is -1.90. The summed E-state index contributed by atoms with van der Waals surface area (Å²) in [6, 6.07) is 7.61. The van der Waals surface area contributed by atoms with Gasteiger partial charge in [-0.1, -0.05) is 0 Å². The first-order valence-electron chi connectivity index (χ1n) is 4.29. The van der Waals surface area contributed by atoms with Gasteiger partial charge in [0, 0.05) is 5.56 Å². The number of benzene rings is 1. The van der Waals surface area contributed by atoms with Crippen LogP contribution in [0.25, 0.3) is 11.3 Å². The molecule has 0 aliphatic rings. The predicted molar refractivity (Wildman–Crippen MR) is 59.5 cm³/mol. The number of nitrogens with zero attached hydrogens (tertiary/aromatic N) is 3. The van der Waals surface area contributed by atoms with Crippen molar-refractivity contribution in [1.29, 1.82) is 0 Å². The Balaban J connectivity index is 2.37. The molecule has 15 heavy (non-hydrogen) atoms. The van der Waals surface area contributed by atoms with E-state index in [-0.39, 0.29) is 0 Å². The Morgan fingerprint density at radius 3 is 2.53 bits per heavy atom. The standard InChI is InChI=1S/C10H8BrN3O/c1-15-8-4-2-7(3-5-8)9-6-12-14-10(11)13-9/h2-6H,1H3. The van der Waals surface area contributed by atoms with Gasteiger partial charge in [0.1, 0.15) is 5.75 Å². The molecule has 0 unspecified atom stereocenters. The van der Waals surface area contributed by atoms with E-state index in [0.717, 1.165) is 17.0 Å². The molecule has 5 heteroatoms. The highest BCUT2D eigenvalue weighted by Gasteiger charge is 2.01. The molecule has 0 N–H and O–H groups in total. The first kappa shape index (κ1) is 10.0. The summed E-state index contributed by atoms with van der Waals surface area (Å²) in [4.78, 5) is 4.20. The topological polar surface area (TPSA) is 47.9 Å². The molecule has 0 spiro atoms. The molecule has 1 aromatic heterocycles. The molecule has 4 nitrogen and oxygen atoms in total. The van der Waals surface area contributed by atoms with E-state index in [1.807, 2.05) is 24.3 Å². The second-order valence-electron chi connectivity index (χ2n) is 2.84. The van der Waals surface area contributed by atoms with Crippen LogP contribution in [0, 0.1) is 0 Å². The van der Waals surface area contributed by atoms with Crippen molar-refractivity contribution < 1.29 is 4.74 Å². The molecule has 0 fully saturated rings. The Morgan fingerprint density at radius 2 is 1.93 bits per heavy atom. The summed E-state index contributed by atoms with van der Waals surface area (Å²) < 4.78 is 5.55. The maximum absolute atomic E-state index is 5.07. The summed E-state index contributed by atoms with van der Waals surface area (Å²) in [5.41, 5.74) is 1.76. The van der Waals surface area contributed by atoms with Gasteiger partial charge in [0.15, 0.2) is 0 Å². The van der Waals surface area contributed by atoms with Crippen molar-refractivity contribution >= 4 is 15.9 Å². The zero-order valence-corrected chi connectivity index (χ0v) is 9.60. The third-order valence-corrected chi connectivity index (χ3v) is 2.25. The molecule has 0 radical (unpaired) electrons. The first-order valence-corrected chi connectivity index (χ1v) is 5.08. The highest BCUT2D eigenvalue weighted by atomic mass is 79.9. The molecule has 0 aliphatic carbocycles. The van der Waals surface area contributed by atoms with Gasteiger partial charge in [-0.05, 0) is 40.2 Å². The van der Waals surface area contributed by atoms with Crippen molar-refractivity contribution in [2.45, 2.75) is 0 Å². The lowest BCUT2D eigenvalue weighted by atomic mass is 10.1. The van der Waals surface area contributed by atoms with Crippen LogP contribution in [-0.4, -0.2) is 22.3 Å². The van der Waals surface area contributed by atoms with Crippen LogP contribution in [0.4, 0.5) is 0 Å². The molecule has 76 valence electrons. The van der Waals surface area contributed by atoms with Crippen molar-refractivity contribution in [2.24, 2.45) is 0 Å². The minimum absolute atomic E-state index is 0.482. The van der Waals surface area contributed by atoms with Gasteiger partial charge in [-0.25, -0.2) is 4.98 Å². The zero-order chi connectivity index (χ0) is 10.7. The smallest absolute Gasteiger partial charge is 0.218 e. The van der Waals surface area contributed by atoms with Gasteiger partial charge in [0.2, 0.25) is 4.73 Å². The van der Waals surface area contributed by atoms with Crippen molar-refractivity contribution in [3.05, 3.63) is 35.2 Å². The molecule has 0 saturated heterocycles. The fraction of sp³-hybridized carbons (Fsp3) is 0.100. The zero-order valence-electron chi connectivity index (χ0n) is 8.01. The Bertz CT molecular complexity index is 458. The fourth-order valence-electron chi connectivity index (χ4n) is 1.18. The average molecular weight is 266 g/mol. The van der Waals surface area contributed by atoms with E-state index in [2.05, 4.69) is 31.1 Å². The molecular weight excluding hydrogens is 258 g/mol. The monoisotopic (exact) mass is 265 g/mol. The summed E-state index contributed by atoms with van der Waals surface area (Å²) in [6.45, 7) is 0. The van der Waals surface area contributed by atoms with Crippen molar-refractivity contribution in [1.82, 2.24) is 15.2 Å². The summed E-state index contributed by atoms with van der Waals surface area (Å²) in [5, 5.41) is 7.54. The molecule has 0 bridgehead atoms. The second kappa shape index (κ2) is 4.35. The predicted octanol–water partition coefficient (Wildman–Crippen LogP) is 2.31. The molecule has 0 saturated carbocycles. The normalized spacial score (nSPS) is 10.0. The second-order valence-corrected chi connectivity index (χ2v) is 3.55. The van der Waals surface area contributed by atoms with E-state index < -0.39 is 0 Å². The van der Waals surface area contributed by atoms with E-state index >= 15 is 0 Å². The van der Waals surface area contributed by atoms with E-state index in [0.29, 0.717) is 4.73 Å². The van der Waals surface area contributed by atoms with Crippen molar-refractivity contribution in [3.63, 3.8) is 0 Å². The largest absolute Gasteiger partial charge is 0.497 e. The van der Waals surface area contributed by atoms with E-state index in [9.17, 15) is 0 Å². The number of aromatic nitrogens is 3. The number of rotatable bonds is 2. The third-order valence-electron chi connectivity index (χ3n) is 1.92. The highest BCUT2D eigenvalue weighted by molar-refractivity contribution is 9.10.